The smallest absolute Gasteiger partial charge is 0.339 e. The average Bonchev–Trinajstić information content (AvgIpc) is 2.74. The largest absolute Gasteiger partial charge is 0.465 e. The van der Waals surface area contributed by atoms with Crippen LogP contribution in [0.3, 0.4) is 0 Å². The molecule has 6 nitrogen and oxygen atoms in total. The molecule has 0 spiro atoms. The van der Waals surface area contributed by atoms with E-state index in [2.05, 4.69) is 34.5 Å². The van der Waals surface area contributed by atoms with Crippen molar-refractivity contribution in [3.8, 4) is 0 Å². The summed E-state index contributed by atoms with van der Waals surface area (Å²) in [6.45, 7) is 2.70. The second kappa shape index (κ2) is 9.26. The van der Waals surface area contributed by atoms with Gasteiger partial charge in [0.05, 0.1) is 18.4 Å². The van der Waals surface area contributed by atoms with Crippen LogP contribution in [0.25, 0.3) is 0 Å². The molecule has 2 amide bonds. The van der Waals surface area contributed by atoms with E-state index < -0.39 is 5.97 Å². The van der Waals surface area contributed by atoms with Gasteiger partial charge in [-0.15, -0.1) is 0 Å². The highest BCUT2D eigenvalue weighted by Crippen LogP contribution is 2.21. The Morgan fingerprint density at radius 3 is 2.39 bits per heavy atom. The summed E-state index contributed by atoms with van der Waals surface area (Å²) >= 11 is 0. The fraction of sp³-hybridized carbons (Fsp3) is 0.364. The van der Waals surface area contributed by atoms with Gasteiger partial charge in [0.25, 0.3) is 0 Å². The summed E-state index contributed by atoms with van der Waals surface area (Å²) < 4.78 is 4.77. The summed E-state index contributed by atoms with van der Waals surface area (Å²) in [5.41, 5.74) is 3.06. The Labute approximate surface area is 166 Å². The lowest BCUT2D eigenvalue weighted by Crippen LogP contribution is -2.31. The molecule has 0 bridgehead atoms. The maximum atomic E-state index is 12.5. The van der Waals surface area contributed by atoms with Gasteiger partial charge < -0.3 is 19.9 Å². The Hall–Kier alpha value is -3.02. The predicted molar refractivity (Wildman–Crippen MR) is 111 cm³/mol. The monoisotopic (exact) mass is 381 g/mol. The van der Waals surface area contributed by atoms with Crippen molar-refractivity contribution in [3.63, 3.8) is 0 Å². The summed E-state index contributed by atoms with van der Waals surface area (Å²) in [4.78, 5) is 28.4. The van der Waals surface area contributed by atoms with Gasteiger partial charge in [-0.2, -0.15) is 0 Å². The molecule has 1 saturated heterocycles. The third kappa shape index (κ3) is 4.82. The number of carbonyl (C=O) groups is 2. The number of amides is 2. The fourth-order valence-corrected chi connectivity index (χ4v) is 3.40. The van der Waals surface area contributed by atoms with E-state index in [1.807, 2.05) is 0 Å². The average molecular weight is 381 g/mol. The Bertz CT molecular complexity index is 814. The number of hydrogen-bond donors (Lipinski definition) is 1. The molecular formula is C22H27N3O3. The molecule has 1 N–H and O–H groups in total. The number of anilines is 2. The van der Waals surface area contributed by atoms with Crippen LogP contribution in [0, 0.1) is 0 Å². The molecule has 1 heterocycles. The van der Waals surface area contributed by atoms with E-state index in [-0.39, 0.29) is 6.03 Å². The molecule has 0 radical (unpaired) electrons. The molecule has 3 rings (SSSR count). The molecule has 0 aromatic heterocycles. The zero-order valence-electron chi connectivity index (χ0n) is 16.5. The van der Waals surface area contributed by atoms with Crippen LogP contribution in [0.15, 0.2) is 48.5 Å². The summed E-state index contributed by atoms with van der Waals surface area (Å²) in [6.07, 6.45) is 3.81. The van der Waals surface area contributed by atoms with E-state index in [4.69, 9.17) is 4.74 Å². The Morgan fingerprint density at radius 1 is 1.04 bits per heavy atom. The molecule has 0 saturated carbocycles. The van der Waals surface area contributed by atoms with Crippen molar-refractivity contribution in [2.45, 2.75) is 25.8 Å². The van der Waals surface area contributed by atoms with E-state index in [0.717, 1.165) is 18.7 Å². The summed E-state index contributed by atoms with van der Waals surface area (Å²) in [5, 5.41) is 2.79. The van der Waals surface area contributed by atoms with Crippen LogP contribution >= 0.6 is 0 Å². The molecule has 0 atom stereocenters. The zero-order valence-corrected chi connectivity index (χ0v) is 16.5. The number of para-hydroxylation sites is 1. The Balaban J connectivity index is 1.61. The number of ether oxygens (including phenoxy) is 1. The Kier molecular flexibility index (Phi) is 6.53. The molecule has 6 heteroatoms. The predicted octanol–water partition coefficient (Wildman–Crippen LogP) is 4.13. The van der Waals surface area contributed by atoms with Crippen LogP contribution in [0.2, 0.25) is 0 Å². The number of nitrogens with zero attached hydrogens (tertiary/aromatic N) is 2. The number of carbonyl (C=O) groups excluding carboxylic acids is 2. The highest BCUT2D eigenvalue weighted by atomic mass is 16.5. The molecule has 0 aliphatic carbocycles. The maximum absolute atomic E-state index is 12.5. The first-order valence-corrected chi connectivity index (χ1v) is 9.62. The first-order valence-electron chi connectivity index (χ1n) is 9.62. The SMILES string of the molecule is COC(=O)c1ccccc1NC(=O)N(C)Cc1ccc(N2CCCCC2)cc1. The van der Waals surface area contributed by atoms with Gasteiger partial charge in [0.15, 0.2) is 0 Å². The molecule has 1 aliphatic heterocycles. The van der Waals surface area contributed by atoms with Crippen molar-refractivity contribution in [2.75, 3.05) is 37.5 Å². The van der Waals surface area contributed by atoms with E-state index in [0.29, 0.717) is 17.8 Å². The van der Waals surface area contributed by atoms with Crippen molar-refractivity contribution in [3.05, 3.63) is 59.7 Å². The molecule has 0 unspecified atom stereocenters. The number of piperidine rings is 1. The quantitative estimate of drug-likeness (QED) is 0.791. The normalized spacial score (nSPS) is 13.7. The first kappa shape index (κ1) is 19.7. The van der Waals surface area contributed by atoms with E-state index in [1.165, 1.54) is 32.1 Å². The number of benzene rings is 2. The highest BCUT2D eigenvalue weighted by molar-refractivity contribution is 6.00. The fourth-order valence-electron chi connectivity index (χ4n) is 3.40. The summed E-state index contributed by atoms with van der Waals surface area (Å²) in [7, 11) is 3.05. The lowest BCUT2D eigenvalue weighted by Gasteiger charge is -2.29. The van der Waals surface area contributed by atoms with Crippen molar-refractivity contribution in [1.29, 1.82) is 0 Å². The minimum Gasteiger partial charge on any atom is -0.465 e. The van der Waals surface area contributed by atoms with Crippen LogP contribution in [0.4, 0.5) is 16.2 Å². The van der Waals surface area contributed by atoms with Gasteiger partial charge in [-0.05, 0) is 49.1 Å². The van der Waals surface area contributed by atoms with Crippen molar-refractivity contribution < 1.29 is 14.3 Å². The second-order valence-electron chi connectivity index (χ2n) is 7.04. The lowest BCUT2D eigenvalue weighted by molar-refractivity contribution is 0.0602. The number of methoxy groups -OCH3 is 1. The van der Waals surface area contributed by atoms with Gasteiger partial charge in [-0.3, -0.25) is 0 Å². The van der Waals surface area contributed by atoms with Crippen molar-refractivity contribution >= 4 is 23.4 Å². The van der Waals surface area contributed by atoms with Gasteiger partial charge in [-0.25, -0.2) is 9.59 Å². The van der Waals surface area contributed by atoms with Crippen LogP contribution < -0.4 is 10.2 Å². The van der Waals surface area contributed by atoms with Crippen LogP contribution in [0.5, 0.6) is 0 Å². The Morgan fingerprint density at radius 2 is 1.71 bits per heavy atom. The van der Waals surface area contributed by atoms with E-state index >= 15 is 0 Å². The summed E-state index contributed by atoms with van der Waals surface area (Å²) in [6, 6.07) is 14.9. The number of hydrogen-bond acceptors (Lipinski definition) is 4. The van der Waals surface area contributed by atoms with Crippen LogP contribution in [-0.2, 0) is 11.3 Å². The first-order chi connectivity index (χ1) is 13.6. The van der Waals surface area contributed by atoms with Crippen LogP contribution in [-0.4, -0.2) is 44.1 Å². The zero-order chi connectivity index (χ0) is 19.9. The number of nitrogens with one attached hydrogen (secondary N) is 1. The molecule has 2 aromatic carbocycles. The summed E-state index contributed by atoms with van der Waals surface area (Å²) in [5.74, 6) is -0.480. The molecule has 2 aromatic rings. The van der Waals surface area contributed by atoms with Gasteiger partial charge in [0.2, 0.25) is 0 Å². The third-order valence-electron chi connectivity index (χ3n) is 5.00. The van der Waals surface area contributed by atoms with E-state index in [1.54, 1.807) is 36.2 Å². The molecule has 1 fully saturated rings. The molecule has 148 valence electrons. The van der Waals surface area contributed by atoms with Crippen molar-refractivity contribution in [1.82, 2.24) is 4.90 Å². The lowest BCUT2D eigenvalue weighted by atomic mass is 10.1. The van der Waals surface area contributed by atoms with Gasteiger partial charge >= 0.3 is 12.0 Å². The number of rotatable bonds is 5. The van der Waals surface area contributed by atoms with Gasteiger partial charge in [0, 0.05) is 32.4 Å². The second-order valence-corrected chi connectivity index (χ2v) is 7.04. The highest BCUT2D eigenvalue weighted by Gasteiger charge is 2.16. The molecular weight excluding hydrogens is 354 g/mol. The topological polar surface area (TPSA) is 61.9 Å². The van der Waals surface area contributed by atoms with Crippen molar-refractivity contribution in [2.24, 2.45) is 0 Å². The minimum atomic E-state index is -0.480. The minimum absolute atomic E-state index is 0.281. The standard InChI is InChI=1S/C22H27N3O3/c1-24(22(27)23-20-9-5-4-8-19(20)21(26)28-2)16-17-10-12-18(13-11-17)25-14-6-3-7-15-25/h4-5,8-13H,3,6-7,14-16H2,1-2H3,(H,23,27). The van der Waals surface area contributed by atoms with Crippen LogP contribution in [0.1, 0.15) is 35.2 Å². The molecule has 28 heavy (non-hydrogen) atoms. The molecule has 1 aliphatic rings. The van der Waals surface area contributed by atoms with E-state index in [9.17, 15) is 9.59 Å². The maximum Gasteiger partial charge on any atom is 0.339 e. The third-order valence-corrected chi connectivity index (χ3v) is 5.00. The van der Waals surface area contributed by atoms with Gasteiger partial charge in [0.1, 0.15) is 0 Å². The number of esters is 1. The number of urea groups is 1. The van der Waals surface area contributed by atoms with Gasteiger partial charge in [-0.1, -0.05) is 24.3 Å².